The summed E-state index contributed by atoms with van der Waals surface area (Å²) in [5, 5.41) is 20.4. The van der Waals surface area contributed by atoms with Gasteiger partial charge in [0.25, 0.3) is 0 Å². The Labute approximate surface area is 98.9 Å². The van der Waals surface area contributed by atoms with E-state index in [2.05, 4.69) is 20.6 Å². The molecule has 0 unspecified atom stereocenters. The topological polar surface area (TPSA) is 110 Å². The Morgan fingerprint density at radius 2 is 2.35 bits per heavy atom. The Morgan fingerprint density at radius 1 is 1.53 bits per heavy atom. The van der Waals surface area contributed by atoms with Crippen LogP contribution in [0.4, 0.5) is 5.13 Å². The molecule has 0 saturated carbocycles. The molecule has 0 aliphatic heterocycles. The summed E-state index contributed by atoms with van der Waals surface area (Å²) in [5.74, 6) is -1.59. The summed E-state index contributed by atoms with van der Waals surface area (Å²) in [6, 6.07) is 0. The molecule has 0 saturated heterocycles. The number of anilines is 1. The summed E-state index contributed by atoms with van der Waals surface area (Å²) in [6.07, 6.45) is 2.64. The maximum atomic E-state index is 11.5. The SMILES string of the molecule is O=C(Cn1nncc1C(=O)O)Nc1nccs1. The number of nitrogens with zero attached hydrogens (tertiary/aromatic N) is 4. The third-order valence-corrected chi connectivity index (χ3v) is 2.50. The number of carboxylic acids is 1. The van der Waals surface area contributed by atoms with Crippen molar-refractivity contribution >= 4 is 28.3 Å². The number of thiazole rings is 1. The van der Waals surface area contributed by atoms with Crippen molar-refractivity contribution in [2.45, 2.75) is 6.54 Å². The largest absolute Gasteiger partial charge is 0.476 e. The second-order valence-electron chi connectivity index (χ2n) is 2.97. The Kier molecular flexibility index (Phi) is 3.10. The van der Waals surface area contributed by atoms with Crippen LogP contribution in [0.2, 0.25) is 0 Å². The number of aromatic nitrogens is 4. The van der Waals surface area contributed by atoms with Gasteiger partial charge < -0.3 is 10.4 Å². The standard InChI is InChI=1S/C8H7N5O3S/c14-6(11-8-9-1-2-17-8)4-13-5(7(15)16)3-10-12-13/h1-3H,4H2,(H,15,16)(H,9,11,14). The van der Waals surface area contributed by atoms with E-state index in [1.807, 2.05) is 0 Å². The molecule has 88 valence electrons. The van der Waals surface area contributed by atoms with Crippen molar-refractivity contribution in [2.24, 2.45) is 0 Å². The minimum Gasteiger partial charge on any atom is -0.476 e. The molecule has 0 aliphatic rings. The van der Waals surface area contributed by atoms with E-state index in [9.17, 15) is 9.59 Å². The van der Waals surface area contributed by atoms with E-state index in [0.717, 1.165) is 10.9 Å². The molecule has 0 aliphatic carbocycles. The lowest BCUT2D eigenvalue weighted by Crippen LogP contribution is -2.22. The number of hydrogen-bond acceptors (Lipinski definition) is 6. The van der Waals surface area contributed by atoms with Crippen LogP contribution in [-0.2, 0) is 11.3 Å². The number of carboxylic acid groups (broad SMARTS) is 1. The minimum atomic E-state index is -1.18. The summed E-state index contributed by atoms with van der Waals surface area (Å²) in [5.41, 5.74) is -0.140. The van der Waals surface area contributed by atoms with Crippen molar-refractivity contribution < 1.29 is 14.7 Å². The van der Waals surface area contributed by atoms with E-state index >= 15 is 0 Å². The van der Waals surface area contributed by atoms with E-state index < -0.39 is 11.9 Å². The van der Waals surface area contributed by atoms with Crippen LogP contribution < -0.4 is 5.32 Å². The van der Waals surface area contributed by atoms with Gasteiger partial charge in [-0.3, -0.25) is 4.79 Å². The van der Waals surface area contributed by atoms with Crippen molar-refractivity contribution in [2.75, 3.05) is 5.32 Å². The molecule has 0 atom stereocenters. The Hall–Kier alpha value is -2.29. The number of hydrogen-bond donors (Lipinski definition) is 2. The zero-order valence-electron chi connectivity index (χ0n) is 8.40. The van der Waals surface area contributed by atoms with Gasteiger partial charge >= 0.3 is 5.97 Å². The fraction of sp³-hybridized carbons (Fsp3) is 0.125. The number of nitrogens with one attached hydrogen (secondary N) is 1. The van der Waals surface area contributed by atoms with Crippen molar-refractivity contribution in [3.63, 3.8) is 0 Å². The van der Waals surface area contributed by atoms with Gasteiger partial charge in [0, 0.05) is 11.6 Å². The van der Waals surface area contributed by atoms with Gasteiger partial charge in [-0.1, -0.05) is 5.21 Å². The van der Waals surface area contributed by atoms with Gasteiger partial charge in [0.1, 0.15) is 6.54 Å². The minimum absolute atomic E-state index is 0.140. The van der Waals surface area contributed by atoms with Crippen LogP contribution in [-0.4, -0.2) is 37.0 Å². The van der Waals surface area contributed by atoms with E-state index in [4.69, 9.17) is 5.11 Å². The Balaban J connectivity index is 2.03. The first-order valence-electron chi connectivity index (χ1n) is 4.48. The highest BCUT2D eigenvalue weighted by Gasteiger charge is 2.14. The highest BCUT2D eigenvalue weighted by Crippen LogP contribution is 2.10. The van der Waals surface area contributed by atoms with Crippen molar-refractivity contribution in [1.29, 1.82) is 0 Å². The van der Waals surface area contributed by atoms with Crippen LogP contribution in [0.1, 0.15) is 10.5 Å². The van der Waals surface area contributed by atoms with E-state index in [1.54, 1.807) is 11.6 Å². The number of carbonyl (C=O) groups excluding carboxylic acids is 1. The molecule has 0 radical (unpaired) electrons. The molecule has 8 nitrogen and oxygen atoms in total. The molecule has 0 aromatic carbocycles. The predicted molar refractivity (Wildman–Crippen MR) is 57.7 cm³/mol. The zero-order chi connectivity index (χ0) is 12.3. The second kappa shape index (κ2) is 4.70. The van der Waals surface area contributed by atoms with E-state index in [-0.39, 0.29) is 12.2 Å². The van der Waals surface area contributed by atoms with E-state index in [1.165, 1.54) is 11.3 Å². The molecule has 17 heavy (non-hydrogen) atoms. The van der Waals surface area contributed by atoms with Gasteiger partial charge in [-0.2, -0.15) is 0 Å². The van der Waals surface area contributed by atoms with Crippen molar-refractivity contribution in [3.8, 4) is 0 Å². The molecule has 0 bridgehead atoms. The highest BCUT2D eigenvalue weighted by molar-refractivity contribution is 7.13. The number of aromatic carboxylic acids is 1. The predicted octanol–water partition coefficient (Wildman–Crippen LogP) is 0.0715. The highest BCUT2D eigenvalue weighted by atomic mass is 32.1. The van der Waals surface area contributed by atoms with Gasteiger partial charge in [-0.05, 0) is 0 Å². The molecular formula is C8H7N5O3S. The zero-order valence-corrected chi connectivity index (χ0v) is 9.22. The first kappa shape index (κ1) is 11.2. The average Bonchev–Trinajstić information content (AvgIpc) is 2.88. The summed E-state index contributed by atoms with van der Waals surface area (Å²) < 4.78 is 1.01. The van der Waals surface area contributed by atoms with Crippen LogP contribution in [0, 0.1) is 0 Å². The maximum Gasteiger partial charge on any atom is 0.355 e. The van der Waals surface area contributed by atoms with Gasteiger partial charge in [0.05, 0.1) is 6.20 Å². The molecule has 2 N–H and O–H groups in total. The summed E-state index contributed by atoms with van der Waals surface area (Å²) in [6.45, 7) is -0.221. The van der Waals surface area contributed by atoms with Crippen LogP contribution >= 0.6 is 11.3 Å². The second-order valence-corrected chi connectivity index (χ2v) is 3.86. The average molecular weight is 253 g/mol. The Bertz CT molecular complexity index is 535. The first-order chi connectivity index (χ1) is 8.16. The van der Waals surface area contributed by atoms with Gasteiger partial charge in [-0.15, -0.1) is 16.4 Å². The lowest BCUT2D eigenvalue weighted by molar-refractivity contribution is -0.116. The Morgan fingerprint density at radius 3 is 3.00 bits per heavy atom. The molecule has 2 heterocycles. The summed E-state index contributed by atoms with van der Waals surface area (Å²) in [7, 11) is 0. The first-order valence-corrected chi connectivity index (χ1v) is 5.36. The lowest BCUT2D eigenvalue weighted by atomic mass is 10.4. The molecule has 2 aromatic rings. The monoisotopic (exact) mass is 253 g/mol. The van der Waals surface area contributed by atoms with E-state index in [0.29, 0.717) is 5.13 Å². The van der Waals surface area contributed by atoms with Crippen molar-refractivity contribution in [1.82, 2.24) is 20.0 Å². The maximum absolute atomic E-state index is 11.5. The molecule has 9 heteroatoms. The number of carbonyl (C=O) groups is 2. The normalized spacial score (nSPS) is 10.1. The fourth-order valence-electron chi connectivity index (χ4n) is 1.12. The fourth-order valence-corrected chi connectivity index (χ4v) is 1.67. The van der Waals surface area contributed by atoms with Gasteiger partial charge in [0.2, 0.25) is 5.91 Å². The smallest absolute Gasteiger partial charge is 0.355 e. The molecule has 1 amide bonds. The van der Waals surface area contributed by atoms with Crippen molar-refractivity contribution in [3.05, 3.63) is 23.5 Å². The van der Waals surface area contributed by atoms with Crippen LogP contribution in [0.3, 0.4) is 0 Å². The quantitative estimate of drug-likeness (QED) is 0.797. The molecular weight excluding hydrogens is 246 g/mol. The summed E-state index contributed by atoms with van der Waals surface area (Å²) >= 11 is 1.27. The van der Waals surface area contributed by atoms with Crippen LogP contribution in [0.5, 0.6) is 0 Å². The van der Waals surface area contributed by atoms with Gasteiger partial charge in [-0.25, -0.2) is 14.5 Å². The third-order valence-electron chi connectivity index (χ3n) is 1.81. The number of rotatable bonds is 4. The van der Waals surface area contributed by atoms with Gasteiger partial charge in [0.15, 0.2) is 10.8 Å². The summed E-state index contributed by atoms with van der Waals surface area (Å²) in [4.78, 5) is 26.1. The number of amides is 1. The van der Waals surface area contributed by atoms with Crippen LogP contribution in [0.25, 0.3) is 0 Å². The molecule has 2 rings (SSSR count). The van der Waals surface area contributed by atoms with Crippen LogP contribution in [0.15, 0.2) is 17.8 Å². The lowest BCUT2D eigenvalue weighted by Gasteiger charge is -2.02. The molecule has 2 aromatic heterocycles. The third kappa shape index (κ3) is 2.64. The molecule has 0 spiro atoms. The molecule has 0 fully saturated rings.